The molecule has 13 heteroatoms. The minimum atomic E-state index is -3.59. The van der Waals surface area contributed by atoms with E-state index in [0.29, 0.717) is 34.6 Å². The van der Waals surface area contributed by atoms with Gasteiger partial charge in [0.2, 0.25) is 12.5 Å². The first-order chi connectivity index (χ1) is 19.6. The van der Waals surface area contributed by atoms with Crippen molar-refractivity contribution < 1.29 is 46.4 Å². The predicted octanol–water partition coefficient (Wildman–Crippen LogP) is 2.74. The lowest BCUT2D eigenvalue weighted by Gasteiger charge is -2.39. The van der Waals surface area contributed by atoms with Crippen LogP contribution in [0.2, 0.25) is 0 Å². The number of sulfonamides is 1. The third kappa shape index (κ3) is 5.47. The summed E-state index contributed by atoms with van der Waals surface area (Å²) in [5.74, 6) is 1.22. The standard InChI is InChI=1S/C28H34N2O10S/c1-30(2)23(29-41(6,32)33)7-8-37-26-17-12-20-19(39-14-40-20)11-16(17)24(25-18(26)13-38-28(25)31)15-9-21(34-3)27(36-5)22(10-15)35-4/h9-12,18,24-26H,7-8,13-14H2,1-6H3/b29-23+/t18-,24+,25-,26+/m0/s1. The molecule has 0 bridgehead atoms. The largest absolute Gasteiger partial charge is 0.493 e. The molecule has 2 aromatic carbocycles. The number of amidine groups is 1. The summed E-state index contributed by atoms with van der Waals surface area (Å²) in [4.78, 5) is 15.0. The first-order valence-electron chi connectivity index (χ1n) is 13.0. The van der Waals surface area contributed by atoms with Gasteiger partial charge in [-0.05, 0) is 41.0 Å². The Kier molecular flexibility index (Phi) is 7.93. The van der Waals surface area contributed by atoms with Crippen molar-refractivity contribution in [3.8, 4) is 28.7 Å². The molecule has 1 saturated heterocycles. The van der Waals surface area contributed by atoms with E-state index in [1.54, 1.807) is 33.2 Å². The molecule has 0 aromatic heterocycles. The number of ether oxygens (including phenoxy) is 7. The average molecular weight is 591 g/mol. The predicted molar refractivity (Wildman–Crippen MR) is 148 cm³/mol. The highest BCUT2D eigenvalue weighted by molar-refractivity contribution is 7.89. The van der Waals surface area contributed by atoms with Crippen LogP contribution in [0.5, 0.6) is 28.7 Å². The van der Waals surface area contributed by atoms with Crippen LogP contribution in [-0.2, 0) is 24.3 Å². The van der Waals surface area contributed by atoms with E-state index >= 15 is 0 Å². The van der Waals surface area contributed by atoms with Gasteiger partial charge in [-0.25, -0.2) is 8.42 Å². The Labute approximate surface area is 239 Å². The van der Waals surface area contributed by atoms with Crippen molar-refractivity contribution in [1.82, 2.24) is 4.90 Å². The van der Waals surface area contributed by atoms with E-state index in [0.717, 1.165) is 22.9 Å². The Hall–Kier alpha value is -3.71. The summed E-state index contributed by atoms with van der Waals surface area (Å²) in [7, 11) is 4.48. The van der Waals surface area contributed by atoms with E-state index in [9.17, 15) is 13.2 Å². The van der Waals surface area contributed by atoms with Gasteiger partial charge in [-0.15, -0.1) is 0 Å². The fourth-order valence-corrected chi connectivity index (χ4v) is 6.46. The van der Waals surface area contributed by atoms with Crippen LogP contribution >= 0.6 is 0 Å². The molecule has 2 aromatic rings. The number of fused-ring (bicyclic) bond motifs is 3. The second kappa shape index (κ2) is 11.3. The number of rotatable bonds is 9. The minimum Gasteiger partial charge on any atom is -0.493 e. The molecule has 0 amide bonds. The van der Waals surface area contributed by atoms with Crippen molar-refractivity contribution in [3.05, 3.63) is 41.0 Å². The second-order valence-electron chi connectivity index (χ2n) is 10.3. The monoisotopic (exact) mass is 590 g/mol. The number of esters is 1. The van der Waals surface area contributed by atoms with Gasteiger partial charge in [-0.2, -0.15) is 4.40 Å². The van der Waals surface area contributed by atoms with Crippen LogP contribution in [0.25, 0.3) is 0 Å². The molecule has 2 aliphatic heterocycles. The SMILES string of the molecule is COc1cc([C@@H]2c3cc4c(cc3[C@@H](OCC/C(=N\S(C)(=O)=O)N(C)C)[C@H]3COC(=O)[C@H]23)OCO4)cc(OC)c1OC. The van der Waals surface area contributed by atoms with E-state index in [1.165, 1.54) is 7.11 Å². The number of cyclic esters (lactones) is 1. The van der Waals surface area contributed by atoms with Crippen LogP contribution in [0, 0.1) is 11.8 Å². The molecular weight excluding hydrogens is 556 g/mol. The van der Waals surface area contributed by atoms with Gasteiger partial charge in [0.1, 0.15) is 5.84 Å². The van der Waals surface area contributed by atoms with Gasteiger partial charge >= 0.3 is 5.97 Å². The summed E-state index contributed by atoms with van der Waals surface area (Å²) < 4.78 is 67.7. The van der Waals surface area contributed by atoms with E-state index in [4.69, 9.17) is 33.2 Å². The van der Waals surface area contributed by atoms with Crippen molar-refractivity contribution in [2.75, 3.05) is 61.7 Å². The highest BCUT2D eigenvalue weighted by atomic mass is 32.2. The molecule has 5 rings (SSSR count). The molecule has 0 spiro atoms. The van der Waals surface area contributed by atoms with E-state index in [-0.39, 0.29) is 38.3 Å². The maximum atomic E-state index is 13.3. The van der Waals surface area contributed by atoms with Gasteiger partial charge in [0.25, 0.3) is 10.0 Å². The van der Waals surface area contributed by atoms with E-state index < -0.39 is 28.0 Å². The topological polar surface area (TPSA) is 131 Å². The first-order valence-corrected chi connectivity index (χ1v) is 14.9. The van der Waals surface area contributed by atoms with Crippen LogP contribution in [0.1, 0.15) is 35.1 Å². The van der Waals surface area contributed by atoms with Crippen LogP contribution in [0.4, 0.5) is 0 Å². The second-order valence-corrected chi connectivity index (χ2v) is 11.9. The molecule has 3 aliphatic rings. The Morgan fingerprint density at radius 2 is 1.61 bits per heavy atom. The Morgan fingerprint density at radius 3 is 2.17 bits per heavy atom. The molecule has 0 unspecified atom stereocenters. The van der Waals surface area contributed by atoms with Gasteiger partial charge in [0.05, 0.1) is 52.8 Å². The first kappa shape index (κ1) is 28.8. The molecule has 12 nitrogen and oxygen atoms in total. The number of carbonyl (C=O) groups excluding carboxylic acids is 1. The van der Waals surface area contributed by atoms with Crippen molar-refractivity contribution >= 4 is 21.8 Å². The molecule has 1 fully saturated rings. The number of hydrogen-bond donors (Lipinski definition) is 0. The number of hydrogen-bond acceptors (Lipinski definition) is 10. The number of nitrogens with zero attached hydrogens (tertiary/aromatic N) is 2. The van der Waals surface area contributed by atoms with E-state index in [2.05, 4.69) is 4.40 Å². The summed E-state index contributed by atoms with van der Waals surface area (Å²) in [6.45, 7) is 0.417. The van der Waals surface area contributed by atoms with Gasteiger partial charge in [-0.1, -0.05) is 0 Å². The molecule has 0 radical (unpaired) electrons. The summed E-state index contributed by atoms with van der Waals surface area (Å²) in [6, 6.07) is 7.47. The molecular formula is C28H34N2O10S. The van der Waals surface area contributed by atoms with Crippen LogP contribution < -0.4 is 23.7 Å². The smallest absolute Gasteiger partial charge is 0.310 e. The van der Waals surface area contributed by atoms with Crippen molar-refractivity contribution in [2.45, 2.75) is 18.4 Å². The average Bonchev–Trinajstić information content (AvgIpc) is 3.55. The molecule has 2 heterocycles. The lowest BCUT2D eigenvalue weighted by Crippen LogP contribution is -2.36. The third-order valence-electron chi connectivity index (χ3n) is 7.58. The van der Waals surface area contributed by atoms with Crippen LogP contribution in [0.3, 0.4) is 0 Å². The maximum Gasteiger partial charge on any atom is 0.310 e. The van der Waals surface area contributed by atoms with E-state index in [1.807, 2.05) is 24.3 Å². The summed E-state index contributed by atoms with van der Waals surface area (Å²) in [6.07, 6.45) is 0.766. The minimum absolute atomic E-state index is 0.0850. The Morgan fingerprint density at radius 1 is 0.976 bits per heavy atom. The maximum absolute atomic E-state index is 13.3. The lowest BCUT2D eigenvalue weighted by molar-refractivity contribution is -0.141. The number of methoxy groups -OCH3 is 3. The summed E-state index contributed by atoms with van der Waals surface area (Å²) in [5.41, 5.74) is 2.44. The fourth-order valence-electron chi connectivity index (χ4n) is 5.83. The molecule has 1 aliphatic carbocycles. The van der Waals surface area contributed by atoms with Crippen molar-refractivity contribution in [2.24, 2.45) is 16.2 Å². The quantitative estimate of drug-likeness (QED) is 0.243. The summed E-state index contributed by atoms with van der Waals surface area (Å²) in [5, 5.41) is 0. The van der Waals surface area contributed by atoms with Crippen LogP contribution in [0.15, 0.2) is 28.7 Å². The van der Waals surface area contributed by atoms with Gasteiger partial charge in [0.15, 0.2) is 23.0 Å². The number of carbonyl (C=O) groups is 1. The van der Waals surface area contributed by atoms with Crippen LogP contribution in [-0.4, -0.2) is 86.8 Å². The highest BCUT2D eigenvalue weighted by Gasteiger charge is 2.53. The third-order valence-corrected chi connectivity index (χ3v) is 8.12. The summed E-state index contributed by atoms with van der Waals surface area (Å²) >= 11 is 0. The normalized spacial score (nSPS) is 23.0. The van der Waals surface area contributed by atoms with Crippen molar-refractivity contribution in [1.29, 1.82) is 0 Å². The van der Waals surface area contributed by atoms with Crippen molar-refractivity contribution in [3.63, 3.8) is 0 Å². The number of benzene rings is 2. The zero-order valence-corrected chi connectivity index (χ0v) is 24.6. The Bertz CT molecular complexity index is 1450. The molecule has 0 N–H and O–H groups in total. The Balaban J connectivity index is 1.59. The zero-order chi connectivity index (χ0) is 29.5. The highest BCUT2D eigenvalue weighted by Crippen LogP contribution is 2.56. The van der Waals surface area contributed by atoms with Gasteiger partial charge in [0, 0.05) is 32.4 Å². The van der Waals surface area contributed by atoms with Gasteiger partial charge < -0.3 is 38.1 Å². The molecule has 4 atom stereocenters. The van der Waals surface area contributed by atoms with Gasteiger partial charge in [-0.3, -0.25) is 4.79 Å². The fraction of sp³-hybridized carbons (Fsp3) is 0.500. The molecule has 0 saturated carbocycles. The molecule has 222 valence electrons. The zero-order valence-electron chi connectivity index (χ0n) is 23.8. The molecule has 41 heavy (non-hydrogen) atoms. The lowest BCUT2D eigenvalue weighted by atomic mass is 9.66.